The van der Waals surface area contributed by atoms with Crippen LogP contribution in [0.1, 0.15) is 10.6 Å². The maximum atomic E-state index is 13.6. The molecule has 8 nitrogen and oxygen atoms in total. The molecule has 11 heteroatoms. The fraction of sp³-hybridized carbons (Fsp3) is 0.333. The lowest BCUT2D eigenvalue weighted by Crippen LogP contribution is -2.42. The minimum atomic E-state index is -3.50. The number of hydrogen-bond donors (Lipinski definition) is 2. The van der Waals surface area contributed by atoms with Gasteiger partial charge in [0.2, 0.25) is 0 Å². The smallest absolute Gasteiger partial charge is 0.305 e. The number of carbonyl (C=O) groups excluding carboxylic acids is 1. The summed E-state index contributed by atoms with van der Waals surface area (Å²) in [6, 6.07) is 5.23. The fourth-order valence-corrected chi connectivity index (χ4v) is 4.64. The third-order valence-electron chi connectivity index (χ3n) is 3.83. The topological polar surface area (TPSA) is 94.6 Å². The Balaban J connectivity index is 1.69. The molecule has 2 amide bonds. The molecule has 2 aromatic rings. The number of nitrogens with zero attached hydrogens (tertiary/aromatic N) is 3. The fourth-order valence-electron chi connectivity index (χ4n) is 2.47. The van der Waals surface area contributed by atoms with Crippen molar-refractivity contribution in [2.75, 3.05) is 31.3 Å². The lowest BCUT2D eigenvalue weighted by atomic mass is 10.2. The van der Waals surface area contributed by atoms with Gasteiger partial charge in [-0.2, -0.15) is 17.0 Å². The van der Waals surface area contributed by atoms with Gasteiger partial charge >= 0.3 is 6.03 Å². The maximum absolute atomic E-state index is 13.6. The summed E-state index contributed by atoms with van der Waals surface area (Å²) in [6.07, 6.45) is 0.468. The Bertz CT molecular complexity index is 929. The normalized spacial score (nSPS) is 14.9. The van der Waals surface area contributed by atoms with E-state index < -0.39 is 22.1 Å². The van der Waals surface area contributed by atoms with Crippen LogP contribution in [-0.2, 0) is 23.2 Å². The zero-order chi connectivity index (χ0) is 18.9. The highest BCUT2D eigenvalue weighted by atomic mass is 32.2. The van der Waals surface area contributed by atoms with Gasteiger partial charge in [-0.05, 0) is 12.1 Å². The third-order valence-corrected chi connectivity index (χ3v) is 6.71. The van der Waals surface area contributed by atoms with Crippen molar-refractivity contribution in [2.45, 2.75) is 13.0 Å². The van der Waals surface area contributed by atoms with Gasteiger partial charge < -0.3 is 5.32 Å². The first kappa shape index (κ1) is 18.7. The van der Waals surface area contributed by atoms with Crippen molar-refractivity contribution < 1.29 is 17.6 Å². The molecule has 2 heterocycles. The maximum Gasteiger partial charge on any atom is 0.325 e. The predicted octanol–water partition coefficient (Wildman–Crippen LogP) is 2.09. The molecule has 0 saturated carbocycles. The number of benzene rings is 1. The highest BCUT2D eigenvalue weighted by Gasteiger charge is 2.30. The number of urea groups is 1. The van der Waals surface area contributed by atoms with Crippen LogP contribution in [0.3, 0.4) is 0 Å². The molecule has 140 valence electrons. The highest BCUT2D eigenvalue weighted by Crippen LogP contribution is 2.30. The standard InChI is InChI=1S/C15H18FN5O3S2/c1-20(2)26(23,24)21-8-7-12-13(9-21)25-15(18-12)19-14(22)17-11-6-4-3-5-10(11)16/h3-6H,7-9H2,1-2H3,(H2,17,18,19,22). The second kappa shape index (κ2) is 7.27. The number of aromatic nitrogens is 1. The van der Waals surface area contributed by atoms with Gasteiger partial charge in [-0.1, -0.05) is 23.5 Å². The number of para-hydroxylation sites is 1. The molecule has 0 unspecified atom stereocenters. The second-order valence-electron chi connectivity index (χ2n) is 5.82. The van der Waals surface area contributed by atoms with Gasteiger partial charge in [0.25, 0.3) is 10.2 Å². The molecular formula is C15H18FN5O3S2. The van der Waals surface area contributed by atoms with Crippen molar-refractivity contribution in [1.82, 2.24) is 13.6 Å². The minimum absolute atomic E-state index is 0.0644. The number of rotatable bonds is 4. The summed E-state index contributed by atoms with van der Waals surface area (Å²) in [5.41, 5.74) is 0.830. The number of amides is 2. The van der Waals surface area contributed by atoms with Crippen LogP contribution >= 0.6 is 11.3 Å². The Morgan fingerprint density at radius 2 is 2.04 bits per heavy atom. The van der Waals surface area contributed by atoms with Crippen molar-refractivity contribution in [3.63, 3.8) is 0 Å². The highest BCUT2D eigenvalue weighted by molar-refractivity contribution is 7.86. The molecule has 0 fully saturated rings. The van der Waals surface area contributed by atoms with Crippen molar-refractivity contribution in [3.8, 4) is 0 Å². The van der Waals surface area contributed by atoms with Gasteiger partial charge in [0.1, 0.15) is 5.82 Å². The molecule has 1 aliphatic heterocycles. The molecule has 0 bridgehead atoms. The number of thiazole rings is 1. The lowest BCUT2D eigenvalue weighted by Gasteiger charge is -2.27. The molecule has 0 saturated heterocycles. The van der Waals surface area contributed by atoms with E-state index in [4.69, 9.17) is 0 Å². The zero-order valence-corrected chi connectivity index (χ0v) is 15.8. The summed E-state index contributed by atoms with van der Waals surface area (Å²) < 4.78 is 40.6. The Morgan fingerprint density at radius 3 is 2.73 bits per heavy atom. The molecule has 0 atom stereocenters. The van der Waals surface area contributed by atoms with Crippen molar-refractivity contribution in [2.24, 2.45) is 0 Å². The van der Waals surface area contributed by atoms with Crippen molar-refractivity contribution in [3.05, 3.63) is 40.7 Å². The molecule has 0 spiro atoms. The van der Waals surface area contributed by atoms with Gasteiger partial charge in [0.15, 0.2) is 5.13 Å². The van der Waals surface area contributed by atoms with Crippen LogP contribution in [0.15, 0.2) is 24.3 Å². The first-order valence-corrected chi connectivity index (χ1v) is 9.97. The van der Waals surface area contributed by atoms with Crippen molar-refractivity contribution >= 4 is 38.4 Å². The number of nitrogens with one attached hydrogen (secondary N) is 2. The molecule has 0 radical (unpaired) electrons. The zero-order valence-electron chi connectivity index (χ0n) is 14.2. The molecule has 1 aliphatic rings. The Kier molecular flexibility index (Phi) is 5.23. The summed E-state index contributed by atoms with van der Waals surface area (Å²) >= 11 is 1.21. The quantitative estimate of drug-likeness (QED) is 0.823. The SMILES string of the molecule is CN(C)S(=O)(=O)N1CCc2nc(NC(=O)Nc3ccccc3F)sc2C1. The predicted molar refractivity (Wildman–Crippen MR) is 97.9 cm³/mol. The van der Waals surface area contributed by atoms with Gasteiger partial charge in [-0.15, -0.1) is 0 Å². The number of halogens is 1. The van der Waals surface area contributed by atoms with Gasteiger partial charge in [-0.3, -0.25) is 5.32 Å². The molecule has 26 heavy (non-hydrogen) atoms. The first-order chi connectivity index (χ1) is 12.3. The van der Waals surface area contributed by atoms with Gasteiger partial charge in [0, 0.05) is 31.9 Å². The molecule has 2 N–H and O–H groups in total. The summed E-state index contributed by atoms with van der Waals surface area (Å²) in [7, 11) is -0.530. The molecule has 3 rings (SSSR count). The van der Waals surface area contributed by atoms with E-state index in [0.29, 0.717) is 18.1 Å². The second-order valence-corrected chi connectivity index (χ2v) is 9.05. The monoisotopic (exact) mass is 399 g/mol. The lowest BCUT2D eigenvalue weighted by molar-refractivity contribution is 0.262. The summed E-state index contributed by atoms with van der Waals surface area (Å²) in [6.45, 7) is 0.544. The van der Waals surface area contributed by atoms with Crippen LogP contribution in [-0.4, -0.2) is 48.7 Å². The molecule has 1 aromatic carbocycles. The molecular weight excluding hydrogens is 381 g/mol. The van der Waals surface area contributed by atoms with Crippen molar-refractivity contribution in [1.29, 1.82) is 0 Å². The van der Waals surface area contributed by atoms with E-state index in [-0.39, 0.29) is 12.2 Å². The van der Waals surface area contributed by atoms with Crippen LogP contribution in [0, 0.1) is 5.82 Å². The Labute approximate surface area is 154 Å². The summed E-state index contributed by atoms with van der Waals surface area (Å²) in [4.78, 5) is 17.1. The number of fused-ring (bicyclic) bond motifs is 1. The van der Waals surface area contributed by atoms with Crippen LogP contribution < -0.4 is 10.6 Å². The number of carbonyl (C=O) groups is 1. The van der Waals surface area contributed by atoms with Crippen LogP contribution in [0.2, 0.25) is 0 Å². The van der Waals surface area contributed by atoms with Crippen LogP contribution in [0.4, 0.5) is 20.0 Å². The van der Waals surface area contributed by atoms with Gasteiger partial charge in [0.05, 0.1) is 17.9 Å². The molecule has 0 aliphatic carbocycles. The largest absolute Gasteiger partial charge is 0.325 e. The number of anilines is 2. The number of hydrogen-bond acceptors (Lipinski definition) is 5. The minimum Gasteiger partial charge on any atom is -0.305 e. The first-order valence-electron chi connectivity index (χ1n) is 7.76. The van der Waals surface area contributed by atoms with E-state index in [1.54, 1.807) is 6.07 Å². The van der Waals surface area contributed by atoms with E-state index >= 15 is 0 Å². The van der Waals surface area contributed by atoms with Gasteiger partial charge in [-0.25, -0.2) is 14.2 Å². The molecule has 1 aromatic heterocycles. The Hall–Kier alpha value is -2.08. The third kappa shape index (κ3) is 3.85. The average molecular weight is 399 g/mol. The summed E-state index contributed by atoms with van der Waals surface area (Å²) in [5, 5.41) is 5.32. The van der Waals surface area contributed by atoms with E-state index in [2.05, 4.69) is 15.6 Å². The van der Waals surface area contributed by atoms with Crippen LogP contribution in [0.5, 0.6) is 0 Å². The van der Waals surface area contributed by atoms with E-state index in [0.717, 1.165) is 10.6 Å². The average Bonchev–Trinajstić information content (AvgIpc) is 2.97. The summed E-state index contributed by atoms with van der Waals surface area (Å²) in [5.74, 6) is -0.536. The van der Waals surface area contributed by atoms with E-state index in [9.17, 15) is 17.6 Å². The van der Waals surface area contributed by atoms with Crippen LogP contribution in [0.25, 0.3) is 0 Å². The van der Waals surface area contributed by atoms with E-state index in [1.165, 1.54) is 52.2 Å². The van der Waals surface area contributed by atoms with E-state index in [1.807, 2.05) is 0 Å². The Morgan fingerprint density at radius 1 is 1.31 bits per heavy atom.